The van der Waals surface area contributed by atoms with Crippen molar-refractivity contribution in [1.29, 1.82) is 0 Å². The topological polar surface area (TPSA) is 120 Å². The van der Waals surface area contributed by atoms with Gasteiger partial charge < -0.3 is 19.8 Å². The van der Waals surface area contributed by atoms with E-state index in [1.54, 1.807) is 12.1 Å². The van der Waals surface area contributed by atoms with E-state index >= 15 is 0 Å². The zero-order valence-electron chi connectivity index (χ0n) is 25.4. The molecular formula is C33H36ClFN8O2S. The molecule has 1 atom stereocenters. The summed E-state index contributed by atoms with van der Waals surface area (Å²) in [4.78, 5) is 17.0. The molecule has 0 bridgehead atoms. The van der Waals surface area contributed by atoms with Crippen molar-refractivity contribution in [3.63, 3.8) is 0 Å². The summed E-state index contributed by atoms with van der Waals surface area (Å²) in [7, 11) is 0. The third-order valence-corrected chi connectivity index (χ3v) is 9.72. The molecule has 3 aromatic heterocycles. The van der Waals surface area contributed by atoms with Gasteiger partial charge in [-0.3, -0.25) is 10.00 Å². The number of thioether (sulfide) groups is 1. The number of rotatable bonds is 12. The molecule has 10 nitrogen and oxygen atoms in total. The summed E-state index contributed by atoms with van der Waals surface area (Å²) in [6.45, 7) is 4.91. The van der Waals surface area contributed by atoms with E-state index in [-0.39, 0.29) is 18.5 Å². The number of halogens is 2. The second kappa shape index (κ2) is 14.1. The molecule has 0 radical (unpaired) electrons. The zero-order chi connectivity index (χ0) is 31.5. The summed E-state index contributed by atoms with van der Waals surface area (Å²) < 4.78 is 28.2. The maximum absolute atomic E-state index is 14.2. The highest BCUT2D eigenvalue weighted by atomic mass is 35.5. The first-order valence-corrected chi connectivity index (χ1v) is 17.0. The first-order valence-electron chi connectivity index (χ1n) is 15.6. The number of H-pyrrole nitrogens is 1. The Kier molecular flexibility index (Phi) is 9.50. The van der Waals surface area contributed by atoms with Gasteiger partial charge >= 0.3 is 0 Å². The number of aromatic nitrogens is 6. The van der Waals surface area contributed by atoms with Crippen LogP contribution in [0.15, 0.2) is 59.8 Å². The minimum atomic E-state index is -0.383. The Morgan fingerprint density at radius 3 is 2.72 bits per heavy atom. The van der Waals surface area contributed by atoms with Crippen molar-refractivity contribution >= 4 is 34.4 Å². The maximum atomic E-state index is 14.2. The summed E-state index contributed by atoms with van der Waals surface area (Å²) in [6, 6.07) is 16.7. The van der Waals surface area contributed by atoms with Crippen LogP contribution in [0.1, 0.15) is 42.3 Å². The average Bonchev–Trinajstić information content (AvgIpc) is 3.66. The van der Waals surface area contributed by atoms with Crippen LogP contribution in [0.3, 0.4) is 0 Å². The molecule has 5 aromatic rings. The second-order valence-corrected chi connectivity index (χ2v) is 13.2. The molecule has 7 rings (SSSR count). The number of imidazole rings is 1. The lowest BCUT2D eigenvalue weighted by Crippen LogP contribution is -2.35. The van der Waals surface area contributed by atoms with Gasteiger partial charge in [-0.2, -0.15) is 0 Å². The fraction of sp³-hybridized carbons (Fsp3) is 0.394. The smallest absolute Gasteiger partial charge is 0.213 e. The van der Waals surface area contributed by atoms with Crippen molar-refractivity contribution in [3.8, 4) is 17.3 Å². The Hall–Kier alpha value is -3.55. The van der Waals surface area contributed by atoms with E-state index in [1.807, 2.05) is 12.1 Å². The number of pyridine rings is 1. The number of hydrogen-bond donors (Lipinski definition) is 2. The van der Waals surface area contributed by atoms with Crippen LogP contribution in [-0.4, -0.2) is 72.7 Å². The average molecular weight is 663 g/mol. The summed E-state index contributed by atoms with van der Waals surface area (Å²) >= 11 is 7.41. The fourth-order valence-electron chi connectivity index (χ4n) is 5.99. The van der Waals surface area contributed by atoms with Crippen molar-refractivity contribution in [2.45, 2.75) is 56.1 Å². The van der Waals surface area contributed by atoms with Gasteiger partial charge in [-0.1, -0.05) is 35.5 Å². The van der Waals surface area contributed by atoms with Gasteiger partial charge in [0.25, 0.3) is 0 Å². The summed E-state index contributed by atoms with van der Waals surface area (Å²) in [5, 5.41) is 8.43. The largest absolute Gasteiger partial charge is 0.473 e. The van der Waals surface area contributed by atoms with Crippen molar-refractivity contribution in [2.75, 3.05) is 32.0 Å². The second-order valence-electron chi connectivity index (χ2n) is 11.7. The third-order valence-electron chi connectivity index (χ3n) is 8.60. The van der Waals surface area contributed by atoms with Crippen LogP contribution in [0.4, 0.5) is 4.39 Å². The van der Waals surface area contributed by atoms with Gasteiger partial charge in [-0.05, 0) is 68.8 Å². The van der Waals surface area contributed by atoms with Gasteiger partial charge in [0.1, 0.15) is 18.2 Å². The molecular weight excluding hydrogens is 627 g/mol. The van der Waals surface area contributed by atoms with Crippen LogP contribution in [0.2, 0.25) is 5.02 Å². The van der Waals surface area contributed by atoms with E-state index in [0.29, 0.717) is 34.1 Å². The molecule has 0 spiro atoms. The number of ether oxygens (including phenoxy) is 2. The Bertz CT molecular complexity index is 1800. The van der Waals surface area contributed by atoms with E-state index in [1.165, 1.54) is 17.8 Å². The monoisotopic (exact) mass is 662 g/mol. The first-order chi connectivity index (χ1) is 22.5. The highest BCUT2D eigenvalue weighted by molar-refractivity contribution is 7.99. The number of benzene rings is 2. The molecule has 2 aliphatic heterocycles. The summed E-state index contributed by atoms with van der Waals surface area (Å²) in [5.74, 6) is 2.98. The molecule has 0 unspecified atom stereocenters. The van der Waals surface area contributed by atoms with Crippen molar-refractivity contribution in [2.24, 2.45) is 5.73 Å². The van der Waals surface area contributed by atoms with Gasteiger partial charge in [-0.25, -0.2) is 19.3 Å². The number of nitrogens with one attached hydrogen (secondary N) is 1. The van der Waals surface area contributed by atoms with Gasteiger partial charge in [0.05, 0.1) is 30.2 Å². The fourth-order valence-corrected chi connectivity index (χ4v) is 6.71. The lowest BCUT2D eigenvalue weighted by Gasteiger charge is -2.32. The van der Waals surface area contributed by atoms with Crippen molar-refractivity contribution in [1.82, 2.24) is 34.6 Å². The number of nitrogens with zero attached hydrogens (tertiary/aromatic N) is 6. The number of hydrogen-bond acceptors (Lipinski definition) is 9. The van der Waals surface area contributed by atoms with Crippen LogP contribution in [-0.2, 0) is 24.4 Å². The molecule has 2 saturated heterocycles. The van der Waals surface area contributed by atoms with E-state index in [9.17, 15) is 4.39 Å². The van der Waals surface area contributed by atoms with Gasteiger partial charge in [0.15, 0.2) is 5.82 Å². The number of nitrogens with two attached hydrogens (primary N) is 1. The molecule has 2 aliphatic rings. The molecule has 0 saturated carbocycles. The summed E-state index contributed by atoms with van der Waals surface area (Å²) in [5.41, 5.74) is 10.1. The summed E-state index contributed by atoms with van der Waals surface area (Å²) in [6.07, 6.45) is 3.24. The van der Waals surface area contributed by atoms with E-state index < -0.39 is 0 Å². The van der Waals surface area contributed by atoms with Crippen LogP contribution in [0, 0.1) is 5.82 Å². The molecule has 13 heteroatoms. The van der Waals surface area contributed by atoms with Crippen LogP contribution in [0.5, 0.6) is 5.88 Å². The van der Waals surface area contributed by atoms with Gasteiger partial charge in [0, 0.05) is 52.7 Å². The quantitative estimate of drug-likeness (QED) is 0.160. The lowest BCUT2D eigenvalue weighted by molar-refractivity contribution is -0.0592. The molecule has 3 N–H and O–H groups in total. The molecule has 240 valence electrons. The molecule has 2 aromatic carbocycles. The third kappa shape index (κ3) is 7.06. The van der Waals surface area contributed by atoms with Gasteiger partial charge in [-0.15, -0.1) is 5.10 Å². The number of piperidine rings is 1. The predicted octanol–water partition coefficient (Wildman–Crippen LogP) is 5.81. The van der Waals surface area contributed by atoms with Crippen molar-refractivity contribution in [3.05, 3.63) is 82.5 Å². The Morgan fingerprint density at radius 2 is 1.93 bits per heavy atom. The van der Waals surface area contributed by atoms with E-state index in [2.05, 4.69) is 48.9 Å². The maximum Gasteiger partial charge on any atom is 0.213 e. The van der Waals surface area contributed by atoms with Crippen molar-refractivity contribution < 1.29 is 13.9 Å². The highest BCUT2D eigenvalue weighted by Gasteiger charge is 2.26. The Morgan fingerprint density at radius 1 is 1.07 bits per heavy atom. The number of likely N-dealkylation sites (tertiary alicyclic amines) is 1. The standard InChI is InChI=1S/C33H36ClFN8O2S/c34-24-6-4-23(26(35)17-24)20-45-31-3-1-2-27(38-31)21-8-12-42(13-9-21)19-30-37-28-16-22(32-39-33(41-40-32)46-15-11-36)5-7-29(28)43(30)18-25-10-14-44-25/h1-7,16-17,21,25H,8-15,18-20,36H2,(H,39,40,41)/t25-/m0/s1. The predicted molar refractivity (Wildman–Crippen MR) is 176 cm³/mol. The van der Waals surface area contributed by atoms with Crippen LogP contribution >= 0.6 is 23.4 Å². The van der Waals surface area contributed by atoms with E-state index in [0.717, 1.165) is 91.7 Å². The van der Waals surface area contributed by atoms with Gasteiger partial charge in [0.2, 0.25) is 11.0 Å². The number of fused-ring (bicyclic) bond motifs is 1. The molecule has 2 fully saturated rings. The molecule has 0 amide bonds. The normalized spacial score (nSPS) is 17.4. The highest BCUT2D eigenvalue weighted by Crippen LogP contribution is 2.31. The Balaban J connectivity index is 1.02. The van der Waals surface area contributed by atoms with Crippen LogP contribution in [0.25, 0.3) is 22.4 Å². The minimum absolute atomic E-state index is 0.0968. The molecule has 5 heterocycles. The SMILES string of the molecule is NCCSc1n[nH]c(-c2ccc3c(c2)nc(CN2CCC(c4cccc(OCc5ccc(Cl)cc5F)n4)CC2)n3C[C@@H]2CCO2)n1. The lowest BCUT2D eigenvalue weighted by atomic mass is 9.93. The molecule has 46 heavy (non-hydrogen) atoms. The minimum Gasteiger partial charge on any atom is -0.473 e. The van der Waals surface area contributed by atoms with E-state index in [4.69, 9.17) is 36.8 Å². The molecule has 0 aliphatic carbocycles. The Labute approximate surface area is 275 Å². The van der Waals surface area contributed by atoms with Crippen LogP contribution < -0.4 is 10.5 Å². The zero-order valence-corrected chi connectivity index (χ0v) is 26.9. The number of aromatic amines is 1. The first kappa shape index (κ1) is 31.1.